The number of anilines is 3. The number of aryl methyl sites for hydroxylation is 1. The molecule has 0 saturated carbocycles. The Balaban J connectivity index is 1.78. The zero-order valence-corrected chi connectivity index (χ0v) is 14.8. The summed E-state index contributed by atoms with van der Waals surface area (Å²) in [5, 5.41) is 6.96. The third-order valence-corrected chi connectivity index (χ3v) is 3.89. The van der Waals surface area contributed by atoms with Gasteiger partial charge in [-0.15, -0.1) is 0 Å². The van der Waals surface area contributed by atoms with Gasteiger partial charge in [0.05, 0.1) is 0 Å². The van der Waals surface area contributed by atoms with Gasteiger partial charge in [0.25, 0.3) is 5.91 Å². The van der Waals surface area contributed by atoms with Gasteiger partial charge in [0.15, 0.2) is 0 Å². The summed E-state index contributed by atoms with van der Waals surface area (Å²) in [5.74, 6) is -0.0420. The van der Waals surface area contributed by atoms with E-state index in [2.05, 4.69) is 20.6 Å². The molecule has 1 heterocycles. The monoisotopic (exact) mass is 372 g/mol. The van der Waals surface area contributed by atoms with Crippen LogP contribution in [0.15, 0.2) is 54.7 Å². The molecule has 126 valence electrons. The maximum absolute atomic E-state index is 12.4. The van der Waals surface area contributed by atoms with Gasteiger partial charge < -0.3 is 10.6 Å². The average molecular weight is 373 g/mol. The summed E-state index contributed by atoms with van der Waals surface area (Å²) in [7, 11) is 0. The van der Waals surface area contributed by atoms with Crippen molar-refractivity contribution in [1.82, 2.24) is 9.97 Å². The summed E-state index contributed by atoms with van der Waals surface area (Å²) >= 11 is 11.9. The molecule has 0 saturated heterocycles. The molecule has 3 aromatic rings. The van der Waals surface area contributed by atoms with Gasteiger partial charge in [-0.3, -0.25) is 4.79 Å². The van der Waals surface area contributed by atoms with Gasteiger partial charge in [0.1, 0.15) is 5.69 Å². The van der Waals surface area contributed by atoms with Crippen molar-refractivity contribution < 1.29 is 4.79 Å². The van der Waals surface area contributed by atoms with Gasteiger partial charge in [-0.2, -0.15) is 0 Å². The molecule has 0 aliphatic carbocycles. The van der Waals surface area contributed by atoms with E-state index >= 15 is 0 Å². The van der Waals surface area contributed by atoms with Crippen LogP contribution in [0.5, 0.6) is 0 Å². The number of hydrogen-bond acceptors (Lipinski definition) is 4. The normalized spacial score (nSPS) is 10.4. The summed E-state index contributed by atoms with van der Waals surface area (Å²) in [6, 6.07) is 14.0. The zero-order chi connectivity index (χ0) is 17.8. The van der Waals surface area contributed by atoms with Crippen molar-refractivity contribution in [2.45, 2.75) is 6.92 Å². The van der Waals surface area contributed by atoms with Gasteiger partial charge in [-0.25, -0.2) is 9.97 Å². The topological polar surface area (TPSA) is 66.9 Å². The van der Waals surface area contributed by atoms with Crippen LogP contribution in [0.25, 0.3) is 0 Å². The Morgan fingerprint density at radius 3 is 2.64 bits per heavy atom. The third-order valence-electron chi connectivity index (χ3n) is 3.42. The number of nitrogens with zero attached hydrogens (tertiary/aromatic N) is 2. The first-order chi connectivity index (χ1) is 12.0. The van der Waals surface area contributed by atoms with E-state index in [1.165, 1.54) is 6.20 Å². The Morgan fingerprint density at radius 1 is 1.04 bits per heavy atom. The highest BCUT2D eigenvalue weighted by atomic mass is 35.5. The fourth-order valence-electron chi connectivity index (χ4n) is 2.16. The number of hydrogen-bond donors (Lipinski definition) is 2. The Morgan fingerprint density at radius 2 is 1.84 bits per heavy atom. The summed E-state index contributed by atoms with van der Waals surface area (Å²) in [6.45, 7) is 1.89. The standard InChI is InChI=1S/C18H14Cl2N4O/c1-11-5-6-13(20)10-16(11)23-17(25)15-7-8-21-18(24-15)22-14-4-2-3-12(19)9-14/h2-10H,1H3,(H,23,25)(H,21,22,24). The quantitative estimate of drug-likeness (QED) is 0.669. The maximum atomic E-state index is 12.4. The molecule has 0 unspecified atom stereocenters. The molecule has 7 heteroatoms. The van der Waals surface area contributed by atoms with E-state index < -0.39 is 0 Å². The molecule has 2 N–H and O–H groups in total. The third kappa shape index (κ3) is 4.47. The fourth-order valence-corrected chi connectivity index (χ4v) is 2.52. The maximum Gasteiger partial charge on any atom is 0.274 e. The Labute approximate surface area is 155 Å². The highest BCUT2D eigenvalue weighted by Gasteiger charge is 2.11. The van der Waals surface area contributed by atoms with E-state index in [-0.39, 0.29) is 11.6 Å². The van der Waals surface area contributed by atoms with Crippen molar-refractivity contribution in [2.24, 2.45) is 0 Å². The van der Waals surface area contributed by atoms with Crippen molar-refractivity contribution >= 4 is 46.4 Å². The van der Waals surface area contributed by atoms with E-state index in [0.29, 0.717) is 21.7 Å². The van der Waals surface area contributed by atoms with E-state index in [1.807, 2.05) is 25.1 Å². The van der Waals surface area contributed by atoms with Crippen molar-refractivity contribution in [3.05, 3.63) is 76.0 Å². The van der Waals surface area contributed by atoms with Crippen LogP contribution in [-0.2, 0) is 0 Å². The van der Waals surface area contributed by atoms with Crippen LogP contribution >= 0.6 is 23.2 Å². The highest BCUT2D eigenvalue weighted by Crippen LogP contribution is 2.21. The fraction of sp³-hybridized carbons (Fsp3) is 0.0556. The molecule has 0 bridgehead atoms. The summed E-state index contributed by atoms with van der Waals surface area (Å²) < 4.78 is 0. The predicted octanol–water partition coefficient (Wildman–Crippen LogP) is 5.09. The van der Waals surface area contributed by atoms with Gasteiger partial charge in [-0.05, 0) is 48.9 Å². The lowest BCUT2D eigenvalue weighted by atomic mass is 10.2. The second kappa shape index (κ2) is 7.51. The first kappa shape index (κ1) is 17.2. The van der Waals surface area contributed by atoms with E-state index in [4.69, 9.17) is 23.2 Å². The molecule has 0 spiro atoms. The predicted molar refractivity (Wildman–Crippen MR) is 101 cm³/mol. The Hall–Kier alpha value is -2.63. The number of carbonyl (C=O) groups excluding carboxylic acids is 1. The van der Waals surface area contributed by atoms with Crippen molar-refractivity contribution in [1.29, 1.82) is 0 Å². The number of aromatic nitrogens is 2. The summed E-state index contributed by atoms with van der Waals surface area (Å²) in [6.07, 6.45) is 1.51. The molecule has 0 fully saturated rings. The molecule has 3 rings (SSSR count). The molecule has 0 aliphatic rings. The molecule has 1 amide bonds. The van der Waals surface area contributed by atoms with E-state index in [0.717, 1.165) is 11.3 Å². The number of amides is 1. The van der Waals surface area contributed by atoms with Crippen LogP contribution in [0.1, 0.15) is 16.1 Å². The molecule has 0 radical (unpaired) electrons. The van der Waals surface area contributed by atoms with Crippen LogP contribution in [0, 0.1) is 6.92 Å². The number of halogens is 2. The van der Waals surface area contributed by atoms with E-state index in [1.54, 1.807) is 30.3 Å². The summed E-state index contributed by atoms with van der Waals surface area (Å²) in [5.41, 5.74) is 2.51. The van der Waals surface area contributed by atoms with Crippen LogP contribution < -0.4 is 10.6 Å². The minimum absolute atomic E-state index is 0.235. The van der Waals surface area contributed by atoms with Crippen LogP contribution in [0.3, 0.4) is 0 Å². The Kier molecular flexibility index (Phi) is 5.16. The van der Waals surface area contributed by atoms with Crippen LogP contribution in [0.2, 0.25) is 10.0 Å². The van der Waals surface area contributed by atoms with Gasteiger partial charge >= 0.3 is 0 Å². The minimum atomic E-state index is -0.345. The number of rotatable bonds is 4. The SMILES string of the molecule is Cc1ccc(Cl)cc1NC(=O)c1ccnc(Nc2cccc(Cl)c2)n1. The highest BCUT2D eigenvalue weighted by molar-refractivity contribution is 6.31. The Bertz CT molecular complexity index is 930. The van der Waals surface area contributed by atoms with Crippen molar-refractivity contribution in [2.75, 3.05) is 10.6 Å². The zero-order valence-electron chi connectivity index (χ0n) is 13.3. The molecule has 0 atom stereocenters. The van der Waals surface area contributed by atoms with Crippen molar-refractivity contribution in [3.8, 4) is 0 Å². The first-order valence-electron chi connectivity index (χ1n) is 7.44. The van der Waals surface area contributed by atoms with Crippen LogP contribution in [-0.4, -0.2) is 15.9 Å². The molecule has 5 nitrogen and oxygen atoms in total. The number of benzene rings is 2. The first-order valence-corrected chi connectivity index (χ1v) is 8.20. The molecule has 25 heavy (non-hydrogen) atoms. The lowest BCUT2D eigenvalue weighted by Gasteiger charge is -2.09. The molecule has 1 aromatic heterocycles. The average Bonchev–Trinajstić information content (AvgIpc) is 2.58. The second-order valence-corrected chi connectivity index (χ2v) is 6.19. The number of nitrogens with one attached hydrogen (secondary N) is 2. The lowest BCUT2D eigenvalue weighted by molar-refractivity contribution is 0.102. The largest absolute Gasteiger partial charge is 0.324 e. The smallest absolute Gasteiger partial charge is 0.274 e. The number of carbonyl (C=O) groups is 1. The molecule has 0 aliphatic heterocycles. The molecule has 2 aromatic carbocycles. The van der Waals surface area contributed by atoms with Crippen molar-refractivity contribution in [3.63, 3.8) is 0 Å². The van der Waals surface area contributed by atoms with E-state index in [9.17, 15) is 4.79 Å². The van der Waals surface area contributed by atoms with Gasteiger partial charge in [-0.1, -0.05) is 35.3 Å². The lowest BCUT2D eigenvalue weighted by Crippen LogP contribution is -2.15. The second-order valence-electron chi connectivity index (χ2n) is 5.31. The molecular formula is C18H14Cl2N4O. The van der Waals surface area contributed by atoms with Gasteiger partial charge in [0, 0.05) is 27.6 Å². The summed E-state index contributed by atoms with van der Waals surface area (Å²) in [4.78, 5) is 20.8. The molecular weight excluding hydrogens is 359 g/mol. The van der Waals surface area contributed by atoms with Gasteiger partial charge in [0.2, 0.25) is 5.95 Å². The van der Waals surface area contributed by atoms with Crippen LogP contribution in [0.4, 0.5) is 17.3 Å². The minimum Gasteiger partial charge on any atom is -0.324 e.